The van der Waals surface area contributed by atoms with Gasteiger partial charge in [0.15, 0.2) is 0 Å². The Balaban J connectivity index is 2.43. The number of rotatable bonds is 2. The Morgan fingerprint density at radius 3 is 2.89 bits per heavy atom. The summed E-state index contributed by atoms with van der Waals surface area (Å²) in [5, 5.41) is 7.75. The van der Waals surface area contributed by atoms with Crippen LogP contribution in [0.25, 0.3) is 11.6 Å². The molecule has 1 aliphatic rings. The SMILES string of the molecule is C=Cc1ccc(C2=C=CCCCC(=N)C=C2)cc1F. The summed E-state index contributed by atoms with van der Waals surface area (Å²) >= 11 is 0. The van der Waals surface area contributed by atoms with Crippen molar-refractivity contribution in [2.75, 3.05) is 0 Å². The Morgan fingerprint density at radius 2 is 2.16 bits per heavy atom. The smallest absolute Gasteiger partial charge is 0.131 e. The van der Waals surface area contributed by atoms with Crippen LogP contribution < -0.4 is 0 Å². The van der Waals surface area contributed by atoms with Crippen molar-refractivity contribution >= 4 is 17.4 Å². The van der Waals surface area contributed by atoms with Gasteiger partial charge in [0.1, 0.15) is 5.82 Å². The minimum absolute atomic E-state index is 0.287. The van der Waals surface area contributed by atoms with Crippen LogP contribution in [-0.2, 0) is 0 Å². The fourth-order valence-electron chi connectivity index (χ4n) is 1.93. The van der Waals surface area contributed by atoms with E-state index in [0.29, 0.717) is 11.3 Å². The van der Waals surface area contributed by atoms with E-state index in [1.54, 1.807) is 12.1 Å². The largest absolute Gasteiger partial charge is 0.305 e. The molecule has 0 amide bonds. The molecular weight excluding hydrogens is 237 g/mol. The average molecular weight is 253 g/mol. The second kappa shape index (κ2) is 6.12. The van der Waals surface area contributed by atoms with Gasteiger partial charge in [0.25, 0.3) is 0 Å². The van der Waals surface area contributed by atoms with Gasteiger partial charge in [-0.15, -0.1) is 5.73 Å². The first-order valence-electron chi connectivity index (χ1n) is 6.34. The van der Waals surface area contributed by atoms with Crippen LogP contribution in [0.1, 0.15) is 30.4 Å². The van der Waals surface area contributed by atoms with Crippen molar-refractivity contribution in [3.05, 3.63) is 65.7 Å². The molecule has 0 saturated carbocycles. The third-order valence-corrected chi connectivity index (χ3v) is 3.03. The maximum Gasteiger partial charge on any atom is 0.131 e. The quantitative estimate of drug-likeness (QED) is 0.734. The first kappa shape index (κ1) is 13.3. The fourth-order valence-corrected chi connectivity index (χ4v) is 1.93. The number of hydrogen-bond acceptors (Lipinski definition) is 1. The summed E-state index contributed by atoms with van der Waals surface area (Å²) in [6.45, 7) is 3.57. The predicted octanol–water partition coefficient (Wildman–Crippen LogP) is 4.77. The predicted molar refractivity (Wildman–Crippen MR) is 78.7 cm³/mol. The highest BCUT2D eigenvalue weighted by Gasteiger charge is 2.04. The Kier molecular flexibility index (Phi) is 4.27. The third kappa shape index (κ3) is 3.40. The van der Waals surface area contributed by atoms with E-state index in [1.165, 1.54) is 12.1 Å². The molecular formula is C17H16FN. The van der Waals surface area contributed by atoms with E-state index in [2.05, 4.69) is 12.3 Å². The number of benzene rings is 1. The molecule has 0 atom stereocenters. The lowest BCUT2D eigenvalue weighted by atomic mass is 10.0. The van der Waals surface area contributed by atoms with Gasteiger partial charge >= 0.3 is 0 Å². The molecule has 0 aromatic heterocycles. The van der Waals surface area contributed by atoms with Gasteiger partial charge < -0.3 is 5.41 Å². The van der Waals surface area contributed by atoms with E-state index in [-0.39, 0.29) is 5.82 Å². The van der Waals surface area contributed by atoms with E-state index >= 15 is 0 Å². The minimum atomic E-state index is -0.287. The Bertz CT molecular complexity index is 602. The lowest BCUT2D eigenvalue weighted by Crippen LogP contribution is -1.90. The van der Waals surface area contributed by atoms with E-state index in [9.17, 15) is 4.39 Å². The monoisotopic (exact) mass is 253 g/mol. The maximum atomic E-state index is 13.8. The molecule has 0 heterocycles. The van der Waals surface area contributed by atoms with Crippen molar-refractivity contribution < 1.29 is 4.39 Å². The first-order valence-corrected chi connectivity index (χ1v) is 6.34. The summed E-state index contributed by atoms with van der Waals surface area (Å²) in [5.41, 5.74) is 5.84. The van der Waals surface area contributed by atoms with Crippen molar-refractivity contribution in [2.45, 2.75) is 19.3 Å². The van der Waals surface area contributed by atoms with E-state index in [4.69, 9.17) is 5.41 Å². The fraction of sp³-hybridized carbons (Fsp3) is 0.176. The van der Waals surface area contributed by atoms with Crippen LogP contribution in [0.5, 0.6) is 0 Å². The molecule has 1 N–H and O–H groups in total. The zero-order chi connectivity index (χ0) is 13.7. The second-order valence-electron chi connectivity index (χ2n) is 4.45. The molecule has 0 aliphatic heterocycles. The normalized spacial score (nSPS) is 15.4. The van der Waals surface area contributed by atoms with Gasteiger partial charge in [-0.2, -0.15) is 0 Å². The highest BCUT2D eigenvalue weighted by molar-refractivity contribution is 5.95. The molecule has 96 valence electrons. The van der Waals surface area contributed by atoms with Crippen LogP contribution in [-0.4, -0.2) is 5.71 Å². The molecule has 0 saturated heterocycles. The molecule has 0 spiro atoms. The zero-order valence-corrected chi connectivity index (χ0v) is 10.7. The lowest BCUT2D eigenvalue weighted by Gasteiger charge is -2.03. The topological polar surface area (TPSA) is 23.9 Å². The van der Waals surface area contributed by atoms with Crippen LogP contribution in [0.15, 0.2) is 48.7 Å². The van der Waals surface area contributed by atoms with Crippen LogP contribution >= 0.6 is 0 Å². The van der Waals surface area contributed by atoms with Gasteiger partial charge in [-0.25, -0.2) is 4.39 Å². The Morgan fingerprint density at radius 1 is 1.32 bits per heavy atom. The summed E-state index contributed by atoms with van der Waals surface area (Å²) < 4.78 is 13.8. The number of nitrogens with one attached hydrogen (secondary N) is 1. The van der Waals surface area contributed by atoms with Gasteiger partial charge in [0.05, 0.1) is 0 Å². The van der Waals surface area contributed by atoms with Crippen molar-refractivity contribution in [3.8, 4) is 0 Å². The molecule has 2 rings (SSSR count). The Hall–Kier alpha value is -2.18. The molecule has 1 aromatic carbocycles. The van der Waals surface area contributed by atoms with Crippen molar-refractivity contribution in [3.63, 3.8) is 0 Å². The van der Waals surface area contributed by atoms with Crippen LogP contribution in [0.2, 0.25) is 0 Å². The maximum absolute atomic E-state index is 13.8. The minimum Gasteiger partial charge on any atom is -0.305 e. The van der Waals surface area contributed by atoms with Gasteiger partial charge in [0.2, 0.25) is 0 Å². The van der Waals surface area contributed by atoms with Crippen LogP contribution in [0, 0.1) is 11.2 Å². The van der Waals surface area contributed by atoms with E-state index < -0.39 is 0 Å². The molecule has 0 bridgehead atoms. The highest BCUT2D eigenvalue weighted by atomic mass is 19.1. The molecule has 1 aliphatic carbocycles. The molecule has 1 nitrogen and oxygen atoms in total. The standard InChI is InChI=1S/C17H16FN/c1-2-13-8-9-15(12-17(13)18)14-6-4-3-5-7-16(19)11-10-14/h2,4,8-12,19H,1,3,5,7H2. The number of halogens is 1. The van der Waals surface area contributed by atoms with E-state index in [1.807, 2.05) is 18.2 Å². The average Bonchev–Trinajstić information content (AvgIpc) is 2.51. The molecule has 2 heteroatoms. The van der Waals surface area contributed by atoms with E-state index in [0.717, 1.165) is 30.4 Å². The van der Waals surface area contributed by atoms with Gasteiger partial charge in [0, 0.05) is 16.8 Å². The highest BCUT2D eigenvalue weighted by Crippen LogP contribution is 2.20. The van der Waals surface area contributed by atoms with Gasteiger partial charge in [-0.3, -0.25) is 0 Å². The van der Waals surface area contributed by atoms with Crippen LogP contribution in [0.3, 0.4) is 0 Å². The molecule has 0 fully saturated rings. The first-order chi connectivity index (χ1) is 9.20. The van der Waals surface area contributed by atoms with Crippen molar-refractivity contribution in [2.24, 2.45) is 0 Å². The summed E-state index contributed by atoms with van der Waals surface area (Å²) in [4.78, 5) is 0. The van der Waals surface area contributed by atoms with Gasteiger partial charge in [-0.1, -0.05) is 24.8 Å². The second-order valence-corrected chi connectivity index (χ2v) is 4.45. The summed E-state index contributed by atoms with van der Waals surface area (Å²) in [7, 11) is 0. The third-order valence-electron chi connectivity index (χ3n) is 3.03. The number of allylic oxidation sites excluding steroid dienone is 3. The molecule has 0 radical (unpaired) electrons. The molecule has 19 heavy (non-hydrogen) atoms. The van der Waals surface area contributed by atoms with Gasteiger partial charge in [-0.05, 0) is 49.1 Å². The summed E-state index contributed by atoms with van der Waals surface area (Å²) in [6, 6.07) is 5.04. The zero-order valence-electron chi connectivity index (χ0n) is 10.7. The summed E-state index contributed by atoms with van der Waals surface area (Å²) in [6.07, 6.45) is 9.66. The van der Waals surface area contributed by atoms with Crippen molar-refractivity contribution in [1.29, 1.82) is 5.41 Å². The molecule has 0 unspecified atom stereocenters. The lowest BCUT2D eigenvalue weighted by molar-refractivity contribution is 0.624. The molecule has 1 aromatic rings. The summed E-state index contributed by atoms with van der Waals surface area (Å²) in [5.74, 6) is -0.287. The number of hydrogen-bond donors (Lipinski definition) is 1. The van der Waals surface area contributed by atoms with Crippen molar-refractivity contribution in [1.82, 2.24) is 0 Å². The Labute approximate surface area is 113 Å². The van der Waals surface area contributed by atoms with Crippen LogP contribution in [0.4, 0.5) is 4.39 Å².